The zero-order valence-corrected chi connectivity index (χ0v) is 23.0. The number of rotatable bonds is 8. The van der Waals surface area contributed by atoms with E-state index in [0.717, 1.165) is 34.5 Å². The van der Waals surface area contributed by atoms with Gasteiger partial charge in [-0.3, -0.25) is 19.7 Å². The van der Waals surface area contributed by atoms with Gasteiger partial charge in [-0.2, -0.15) is 0 Å². The van der Waals surface area contributed by atoms with Crippen LogP contribution in [0.2, 0.25) is 6.32 Å². The fourth-order valence-corrected chi connectivity index (χ4v) is 6.68. The average Bonchev–Trinajstić information content (AvgIpc) is 3.18. The Morgan fingerprint density at radius 1 is 1.20 bits per heavy atom. The Hall–Kier alpha value is -3.83. The smallest absolute Gasteiger partial charge is 0.455 e. The number of nitro benzene ring substituents is 1. The normalized spacial score (nSPS) is 24.5. The largest absolute Gasteiger partial charge is 0.505 e. The maximum Gasteiger partial charge on any atom is 0.455 e. The molecule has 0 unspecified atom stereocenters. The van der Waals surface area contributed by atoms with Gasteiger partial charge in [0, 0.05) is 12.1 Å². The number of carbonyl (C=O) groups excluding carboxylic acids is 2. The zero-order chi connectivity index (χ0) is 29.4. The monoisotopic (exact) mass is 562 g/mol. The molecule has 0 radical (unpaired) electrons. The van der Waals surface area contributed by atoms with E-state index in [2.05, 4.69) is 0 Å². The molecule has 2 aromatic rings. The lowest BCUT2D eigenvalue weighted by Gasteiger charge is -2.42. The van der Waals surface area contributed by atoms with Gasteiger partial charge in [-0.15, -0.1) is 0 Å². The van der Waals surface area contributed by atoms with Crippen molar-refractivity contribution in [2.45, 2.75) is 58.4 Å². The number of nitrogens with zero attached hydrogens (tertiary/aromatic N) is 2. The molecule has 3 aliphatic rings. The number of hydrogen-bond acceptors (Lipinski definition) is 7. The third-order valence-electron chi connectivity index (χ3n) is 8.39. The summed E-state index contributed by atoms with van der Waals surface area (Å²) < 4.78 is 19.9. The molecule has 0 aromatic heterocycles. The number of aromatic hydroxyl groups is 1. The highest BCUT2D eigenvalue weighted by molar-refractivity contribution is 6.43. The highest BCUT2D eigenvalue weighted by atomic mass is 19.1. The lowest BCUT2D eigenvalue weighted by Crippen LogP contribution is -2.46. The second-order valence-electron chi connectivity index (χ2n) is 11.1. The molecule has 2 fully saturated rings. The fraction of sp³-hybridized carbons (Fsp3) is 0.400. The minimum atomic E-state index is -1.11. The number of anilines is 1. The van der Waals surface area contributed by atoms with Crippen LogP contribution in [-0.2, 0) is 14.2 Å². The Labute approximate surface area is 237 Å². The van der Waals surface area contributed by atoms with Crippen molar-refractivity contribution in [3.63, 3.8) is 0 Å². The standard InChI is InChI=1S/C30H32BFN2O7/c1-3-5-18(13-19-8-10-25(35)24(32)14-19)9-11-26-27-17(2)12-22-28(23(27)16-31(38)41-26)30(37)33(29(22)36)20-6-4-7-21(15-20)34(39)40/h4,6-8,10,13-15,22-23,26,28,35,38H,3,5,9,11-12,16H2,1-2H3/b18-13+/t22-,23+,26-,28-/m1/s1. The van der Waals surface area contributed by atoms with Gasteiger partial charge >= 0.3 is 7.12 Å². The number of benzene rings is 2. The molecule has 2 N–H and O–H groups in total. The SMILES string of the molecule is CCC/C(=C\c1ccc(O)c(F)c1)CC[C@H]1OB(O)C[C@H]2C1=C(C)C[C@H]1C(=O)N(c3cccc([N+](=O)[O-])c3)C(=O)[C@H]12. The molecule has 2 saturated heterocycles. The molecule has 11 heteroatoms. The number of non-ortho nitro benzene ring substituents is 1. The highest BCUT2D eigenvalue weighted by Gasteiger charge is 2.57. The summed E-state index contributed by atoms with van der Waals surface area (Å²) in [7, 11) is -1.11. The van der Waals surface area contributed by atoms with Crippen molar-refractivity contribution >= 4 is 36.4 Å². The first-order chi connectivity index (χ1) is 19.6. The molecule has 4 atom stereocenters. The molecule has 9 nitrogen and oxygen atoms in total. The quantitative estimate of drug-likeness (QED) is 0.144. The summed E-state index contributed by atoms with van der Waals surface area (Å²) in [5.74, 6) is -3.59. The van der Waals surface area contributed by atoms with Crippen LogP contribution in [0.25, 0.3) is 6.08 Å². The first kappa shape index (κ1) is 28.7. The molecule has 2 aromatic carbocycles. The van der Waals surface area contributed by atoms with E-state index in [9.17, 15) is 34.2 Å². The Bertz CT molecular complexity index is 1460. The van der Waals surface area contributed by atoms with E-state index in [1.165, 1.54) is 36.4 Å². The summed E-state index contributed by atoms with van der Waals surface area (Å²) in [6.07, 6.45) is 4.77. The van der Waals surface area contributed by atoms with Crippen LogP contribution in [0.3, 0.4) is 0 Å². The topological polar surface area (TPSA) is 130 Å². The van der Waals surface area contributed by atoms with Crippen LogP contribution in [-0.4, -0.2) is 40.1 Å². The van der Waals surface area contributed by atoms with Gasteiger partial charge in [-0.05, 0) is 74.2 Å². The molecule has 41 heavy (non-hydrogen) atoms. The summed E-state index contributed by atoms with van der Waals surface area (Å²) >= 11 is 0. The Balaban J connectivity index is 1.40. The van der Waals surface area contributed by atoms with Gasteiger partial charge in [0.2, 0.25) is 11.8 Å². The third kappa shape index (κ3) is 5.56. The number of carbonyl (C=O) groups is 2. The molecule has 5 rings (SSSR count). The number of amides is 2. The van der Waals surface area contributed by atoms with E-state index in [1.807, 2.05) is 19.9 Å². The molecule has 2 amide bonds. The maximum absolute atomic E-state index is 13.9. The Morgan fingerprint density at radius 2 is 1.98 bits per heavy atom. The van der Waals surface area contributed by atoms with Gasteiger partial charge in [-0.1, -0.05) is 42.7 Å². The minimum absolute atomic E-state index is 0.173. The number of fused-ring (bicyclic) bond motifs is 3. The molecule has 2 heterocycles. The highest BCUT2D eigenvalue weighted by Crippen LogP contribution is 2.51. The number of allylic oxidation sites excluding steroid dienone is 2. The summed E-state index contributed by atoms with van der Waals surface area (Å²) in [6.45, 7) is 3.98. The summed E-state index contributed by atoms with van der Waals surface area (Å²) in [6, 6.07) is 9.76. The Morgan fingerprint density at radius 3 is 2.68 bits per heavy atom. The first-order valence-corrected chi connectivity index (χ1v) is 13.9. The lowest BCUT2D eigenvalue weighted by molar-refractivity contribution is -0.384. The maximum atomic E-state index is 13.9. The van der Waals surface area contributed by atoms with Crippen LogP contribution < -0.4 is 4.90 Å². The van der Waals surface area contributed by atoms with Crippen molar-refractivity contribution in [3.05, 3.63) is 80.7 Å². The molecule has 214 valence electrons. The van der Waals surface area contributed by atoms with E-state index in [1.54, 1.807) is 6.07 Å². The van der Waals surface area contributed by atoms with Gasteiger partial charge in [0.1, 0.15) is 0 Å². The number of phenols is 1. The summed E-state index contributed by atoms with van der Waals surface area (Å²) in [5.41, 5.74) is 3.56. The van der Waals surface area contributed by atoms with Crippen molar-refractivity contribution in [1.29, 1.82) is 0 Å². The third-order valence-corrected chi connectivity index (χ3v) is 8.39. The summed E-state index contributed by atoms with van der Waals surface area (Å²) in [5, 5.41) is 31.5. The van der Waals surface area contributed by atoms with Crippen molar-refractivity contribution in [3.8, 4) is 5.75 Å². The number of halogens is 1. The predicted octanol–water partition coefficient (Wildman–Crippen LogP) is 5.42. The minimum Gasteiger partial charge on any atom is -0.505 e. The molecular formula is C30H32BFN2O7. The van der Waals surface area contributed by atoms with Crippen LogP contribution in [0.15, 0.2) is 59.2 Å². The average molecular weight is 562 g/mol. The van der Waals surface area contributed by atoms with Crippen LogP contribution in [0.5, 0.6) is 5.75 Å². The predicted molar refractivity (Wildman–Crippen MR) is 151 cm³/mol. The van der Waals surface area contributed by atoms with Crippen molar-refractivity contribution < 1.29 is 33.7 Å². The molecular weight excluding hydrogens is 530 g/mol. The van der Waals surface area contributed by atoms with Crippen LogP contribution in [0.4, 0.5) is 15.8 Å². The van der Waals surface area contributed by atoms with Crippen molar-refractivity contribution in [1.82, 2.24) is 0 Å². The molecule has 0 saturated carbocycles. The van der Waals surface area contributed by atoms with E-state index in [0.29, 0.717) is 24.8 Å². The van der Waals surface area contributed by atoms with E-state index in [4.69, 9.17) is 4.65 Å². The van der Waals surface area contributed by atoms with Crippen LogP contribution in [0.1, 0.15) is 51.5 Å². The lowest BCUT2D eigenvalue weighted by atomic mass is 9.58. The van der Waals surface area contributed by atoms with Gasteiger partial charge < -0.3 is 14.8 Å². The zero-order valence-electron chi connectivity index (χ0n) is 23.0. The second kappa shape index (κ2) is 11.6. The van der Waals surface area contributed by atoms with Crippen molar-refractivity contribution in [2.75, 3.05) is 4.90 Å². The summed E-state index contributed by atoms with van der Waals surface area (Å²) in [4.78, 5) is 39.0. The van der Waals surface area contributed by atoms with Gasteiger partial charge in [-0.25, -0.2) is 9.29 Å². The Kier molecular flexibility index (Phi) is 8.10. The first-order valence-electron chi connectivity index (χ1n) is 13.9. The van der Waals surface area contributed by atoms with Gasteiger partial charge in [0.25, 0.3) is 5.69 Å². The van der Waals surface area contributed by atoms with Crippen molar-refractivity contribution in [2.24, 2.45) is 17.8 Å². The molecule has 2 aliphatic heterocycles. The van der Waals surface area contributed by atoms with Gasteiger partial charge in [0.05, 0.1) is 28.6 Å². The van der Waals surface area contributed by atoms with Gasteiger partial charge in [0.15, 0.2) is 11.6 Å². The molecule has 0 bridgehead atoms. The van der Waals surface area contributed by atoms with Crippen LogP contribution >= 0.6 is 0 Å². The second-order valence-corrected chi connectivity index (χ2v) is 11.1. The van der Waals surface area contributed by atoms with E-state index >= 15 is 0 Å². The number of nitro groups is 1. The number of phenolic OH excluding ortho intramolecular Hbond substituents is 1. The molecule has 0 spiro atoms. The number of imide groups is 1. The fourth-order valence-electron chi connectivity index (χ4n) is 6.68. The molecule has 1 aliphatic carbocycles. The van der Waals surface area contributed by atoms with E-state index in [-0.39, 0.29) is 23.6 Å². The van der Waals surface area contributed by atoms with Crippen LogP contribution in [0, 0.1) is 33.7 Å². The number of hydrogen-bond donors (Lipinski definition) is 2. The van der Waals surface area contributed by atoms with E-state index < -0.39 is 53.4 Å².